The molecule has 0 aromatic heterocycles. The largest absolute Gasteiger partial charge is 0.497 e. The highest BCUT2D eigenvalue weighted by molar-refractivity contribution is 5.91. The lowest BCUT2D eigenvalue weighted by Gasteiger charge is -2.12. The van der Waals surface area contributed by atoms with E-state index in [1.165, 1.54) is 6.08 Å². The Morgan fingerprint density at radius 1 is 0.923 bits per heavy atom. The van der Waals surface area contributed by atoms with E-state index in [2.05, 4.69) is 5.32 Å². The lowest BCUT2D eigenvalue weighted by molar-refractivity contribution is -0.116. The zero-order chi connectivity index (χ0) is 18.9. The van der Waals surface area contributed by atoms with Crippen LogP contribution in [0.25, 0.3) is 6.08 Å². The second kappa shape index (κ2) is 9.36. The van der Waals surface area contributed by atoms with Gasteiger partial charge in [-0.2, -0.15) is 0 Å². The molecule has 2 aromatic rings. The molecule has 0 aliphatic rings. The van der Waals surface area contributed by atoms with Gasteiger partial charge in [0.1, 0.15) is 5.75 Å². The lowest BCUT2D eigenvalue weighted by Crippen LogP contribution is -2.20. The molecule has 1 amide bonds. The van der Waals surface area contributed by atoms with E-state index in [0.29, 0.717) is 23.8 Å². The van der Waals surface area contributed by atoms with Crippen LogP contribution >= 0.6 is 0 Å². The Labute approximate surface area is 153 Å². The highest BCUT2D eigenvalue weighted by Crippen LogP contribution is 2.38. The van der Waals surface area contributed by atoms with Gasteiger partial charge in [0.2, 0.25) is 11.7 Å². The van der Waals surface area contributed by atoms with Crippen molar-refractivity contribution in [3.63, 3.8) is 0 Å². The average molecular weight is 357 g/mol. The molecule has 26 heavy (non-hydrogen) atoms. The van der Waals surface area contributed by atoms with Gasteiger partial charge in [0, 0.05) is 12.6 Å². The molecule has 0 aliphatic heterocycles. The molecule has 0 atom stereocenters. The number of benzene rings is 2. The van der Waals surface area contributed by atoms with Crippen LogP contribution in [0.4, 0.5) is 0 Å². The van der Waals surface area contributed by atoms with Crippen molar-refractivity contribution in [3.05, 3.63) is 53.6 Å². The molecule has 1 N–H and O–H groups in total. The van der Waals surface area contributed by atoms with Gasteiger partial charge in [-0.15, -0.1) is 0 Å². The Kier molecular flexibility index (Phi) is 6.91. The van der Waals surface area contributed by atoms with Crippen LogP contribution in [0, 0.1) is 0 Å². The van der Waals surface area contributed by atoms with Crippen LogP contribution in [0.1, 0.15) is 11.1 Å². The molecule has 0 saturated carbocycles. The van der Waals surface area contributed by atoms with E-state index in [-0.39, 0.29) is 5.91 Å². The summed E-state index contributed by atoms with van der Waals surface area (Å²) in [5.41, 5.74) is 1.75. The Bertz CT molecular complexity index is 743. The van der Waals surface area contributed by atoms with Crippen molar-refractivity contribution in [1.82, 2.24) is 5.32 Å². The number of methoxy groups -OCH3 is 4. The van der Waals surface area contributed by atoms with E-state index < -0.39 is 0 Å². The number of carbonyl (C=O) groups excluding carboxylic acids is 1. The maximum Gasteiger partial charge on any atom is 0.244 e. The first-order chi connectivity index (χ1) is 12.6. The van der Waals surface area contributed by atoms with Crippen molar-refractivity contribution in [2.45, 2.75) is 6.54 Å². The van der Waals surface area contributed by atoms with E-state index in [4.69, 9.17) is 18.9 Å². The normalized spacial score (nSPS) is 10.5. The Hall–Kier alpha value is -3.15. The fourth-order valence-electron chi connectivity index (χ4n) is 2.36. The minimum Gasteiger partial charge on any atom is -0.497 e. The van der Waals surface area contributed by atoms with Crippen LogP contribution in [0.3, 0.4) is 0 Å². The molecule has 0 fully saturated rings. The topological polar surface area (TPSA) is 66.0 Å². The Morgan fingerprint density at radius 2 is 1.54 bits per heavy atom. The van der Waals surface area contributed by atoms with Crippen LogP contribution in [0.2, 0.25) is 0 Å². The summed E-state index contributed by atoms with van der Waals surface area (Å²) >= 11 is 0. The van der Waals surface area contributed by atoms with Crippen molar-refractivity contribution < 1.29 is 23.7 Å². The first-order valence-corrected chi connectivity index (χ1v) is 8.00. The van der Waals surface area contributed by atoms with Gasteiger partial charge in [-0.1, -0.05) is 12.1 Å². The third-order valence-electron chi connectivity index (χ3n) is 3.74. The third kappa shape index (κ3) is 4.92. The van der Waals surface area contributed by atoms with Crippen LogP contribution < -0.4 is 24.3 Å². The average Bonchev–Trinajstić information content (AvgIpc) is 2.69. The number of hydrogen-bond donors (Lipinski definition) is 1. The molecule has 0 spiro atoms. The standard InChI is InChI=1S/C20H23NO5/c1-23-16-8-5-14(6-9-16)13-21-19(22)10-7-15-11-17(24-2)20(26-4)18(12-15)25-3/h5-12H,13H2,1-4H3,(H,21,22)/b10-7-. The number of nitrogens with one attached hydrogen (secondary N) is 1. The number of rotatable bonds is 8. The Morgan fingerprint density at radius 3 is 2.04 bits per heavy atom. The molecule has 2 aromatic carbocycles. The maximum absolute atomic E-state index is 12.0. The zero-order valence-electron chi connectivity index (χ0n) is 15.4. The van der Waals surface area contributed by atoms with E-state index >= 15 is 0 Å². The zero-order valence-corrected chi connectivity index (χ0v) is 15.4. The first kappa shape index (κ1) is 19.2. The minimum atomic E-state index is -0.199. The second-order valence-electron chi connectivity index (χ2n) is 5.36. The van der Waals surface area contributed by atoms with Gasteiger partial charge in [0.05, 0.1) is 28.4 Å². The predicted molar refractivity (Wildman–Crippen MR) is 100.0 cm³/mol. The van der Waals surface area contributed by atoms with E-state index in [9.17, 15) is 4.79 Å². The van der Waals surface area contributed by atoms with Crippen molar-refractivity contribution in [2.24, 2.45) is 0 Å². The molecule has 2 rings (SSSR count). The number of ether oxygens (including phenoxy) is 4. The first-order valence-electron chi connectivity index (χ1n) is 8.00. The van der Waals surface area contributed by atoms with Gasteiger partial charge in [-0.25, -0.2) is 0 Å². The molecule has 0 saturated heterocycles. The van der Waals surface area contributed by atoms with Crippen molar-refractivity contribution in [2.75, 3.05) is 28.4 Å². The van der Waals surface area contributed by atoms with E-state index in [1.54, 1.807) is 46.6 Å². The van der Waals surface area contributed by atoms with Crippen molar-refractivity contribution in [3.8, 4) is 23.0 Å². The van der Waals surface area contributed by atoms with Crippen LogP contribution in [0.15, 0.2) is 42.5 Å². The Balaban J connectivity index is 2.02. The second-order valence-corrected chi connectivity index (χ2v) is 5.36. The molecule has 0 radical (unpaired) electrons. The summed E-state index contributed by atoms with van der Waals surface area (Å²) in [5.74, 6) is 2.16. The third-order valence-corrected chi connectivity index (χ3v) is 3.74. The smallest absolute Gasteiger partial charge is 0.244 e. The summed E-state index contributed by atoms with van der Waals surface area (Å²) in [6, 6.07) is 11.1. The molecular formula is C20H23NO5. The summed E-state index contributed by atoms with van der Waals surface area (Å²) in [4.78, 5) is 12.0. The molecule has 0 aliphatic carbocycles. The van der Waals surface area contributed by atoms with Crippen LogP contribution in [-0.4, -0.2) is 34.3 Å². The number of amides is 1. The monoisotopic (exact) mass is 357 g/mol. The summed E-state index contributed by atoms with van der Waals surface area (Å²) in [6.07, 6.45) is 3.15. The van der Waals surface area contributed by atoms with E-state index in [1.807, 2.05) is 24.3 Å². The molecular weight excluding hydrogens is 334 g/mol. The molecule has 0 heterocycles. The van der Waals surface area contributed by atoms with Gasteiger partial charge < -0.3 is 24.3 Å². The van der Waals surface area contributed by atoms with Gasteiger partial charge >= 0.3 is 0 Å². The molecule has 6 heteroatoms. The fourth-order valence-corrected chi connectivity index (χ4v) is 2.36. The van der Waals surface area contributed by atoms with Gasteiger partial charge in [0.15, 0.2) is 11.5 Å². The highest BCUT2D eigenvalue weighted by atomic mass is 16.5. The lowest BCUT2D eigenvalue weighted by atomic mass is 10.1. The van der Waals surface area contributed by atoms with Crippen LogP contribution in [0.5, 0.6) is 23.0 Å². The molecule has 0 bridgehead atoms. The van der Waals surface area contributed by atoms with Crippen molar-refractivity contribution >= 4 is 12.0 Å². The van der Waals surface area contributed by atoms with Gasteiger partial charge in [-0.05, 0) is 41.5 Å². The predicted octanol–water partition coefficient (Wildman–Crippen LogP) is 3.05. The summed E-state index contributed by atoms with van der Waals surface area (Å²) in [6.45, 7) is 0.433. The summed E-state index contributed by atoms with van der Waals surface area (Å²) in [7, 11) is 6.26. The summed E-state index contributed by atoms with van der Waals surface area (Å²) in [5, 5.41) is 2.83. The maximum atomic E-state index is 12.0. The number of carbonyl (C=O) groups is 1. The van der Waals surface area contributed by atoms with Gasteiger partial charge in [0.25, 0.3) is 0 Å². The summed E-state index contributed by atoms with van der Waals surface area (Å²) < 4.78 is 21.0. The quantitative estimate of drug-likeness (QED) is 0.736. The molecule has 138 valence electrons. The minimum absolute atomic E-state index is 0.199. The molecule has 6 nitrogen and oxygen atoms in total. The highest BCUT2D eigenvalue weighted by Gasteiger charge is 2.12. The van der Waals surface area contributed by atoms with E-state index in [0.717, 1.165) is 16.9 Å². The fraction of sp³-hybridized carbons (Fsp3) is 0.250. The van der Waals surface area contributed by atoms with Crippen molar-refractivity contribution in [1.29, 1.82) is 0 Å². The molecule has 0 unspecified atom stereocenters. The van der Waals surface area contributed by atoms with Gasteiger partial charge in [-0.3, -0.25) is 4.79 Å². The van der Waals surface area contributed by atoms with Crippen LogP contribution in [-0.2, 0) is 11.3 Å². The number of hydrogen-bond acceptors (Lipinski definition) is 5. The SMILES string of the molecule is COc1ccc(CNC(=O)/C=C\c2cc(OC)c(OC)c(OC)c2)cc1.